The molecule has 0 unspecified atom stereocenters. The maximum absolute atomic E-state index is 10.9. The quantitative estimate of drug-likeness (QED) is 0.618. The molecule has 1 N–H and O–H groups in total. The highest BCUT2D eigenvalue weighted by Gasteiger charge is 2.10. The van der Waals surface area contributed by atoms with Gasteiger partial charge in [-0.1, -0.05) is 0 Å². The van der Waals surface area contributed by atoms with Crippen molar-refractivity contribution in [2.45, 2.75) is 5.03 Å². The molecule has 0 aliphatic carbocycles. The molecule has 4 nitrogen and oxygen atoms in total. The van der Waals surface area contributed by atoms with E-state index in [1.54, 1.807) is 22.6 Å². The van der Waals surface area contributed by atoms with Gasteiger partial charge >= 0.3 is 0 Å². The molecule has 0 saturated heterocycles. The second-order valence-electron chi connectivity index (χ2n) is 1.94. The molecule has 0 amide bonds. The molecule has 1 heterocycles. The zero-order valence-corrected chi connectivity index (χ0v) is 9.27. The molecule has 7 heteroatoms. The minimum absolute atomic E-state index is 0.283. The molecule has 0 bridgehead atoms. The number of nitrogens with one attached hydrogen (secondary N) is 1. The Labute approximate surface area is 86.5 Å². The minimum atomic E-state index is -3.83. The van der Waals surface area contributed by atoms with Gasteiger partial charge in [0.2, 0.25) is 0 Å². The number of halogens is 2. The van der Waals surface area contributed by atoms with E-state index in [4.69, 9.17) is 10.7 Å². The van der Waals surface area contributed by atoms with Gasteiger partial charge in [-0.3, -0.25) is 4.79 Å². The van der Waals surface area contributed by atoms with Crippen molar-refractivity contribution in [3.05, 3.63) is 26.1 Å². The van der Waals surface area contributed by atoms with E-state index in [0.29, 0.717) is 3.57 Å². The topological polar surface area (TPSA) is 67.0 Å². The molecule has 0 aliphatic heterocycles. The van der Waals surface area contributed by atoms with Crippen LogP contribution >= 0.6 is 33.3 Å². The van der Waals surface area contributed by atoms with Crippen LogP contribution in [0.5, 0.6) is 0 Å². The highest BCUT2D eigenvalue weighted by Crippen LogP contribution is 2.10. The summed E-state index contributed by atoms with van der Waals surface area (Å²) in [6.45, 7) is 0. The lowest BCUT2D eigenvalue weighted by molar-refractivity contribution is 0.605. The summed E-state index contributed by atoms with van der Waals surface area (Å²) in [6.07, 6.45) is 0. The van der Waals surface area contributed by atoms with E-state index in [9.17, 15) is 13.2 Å². The molecular weight excluding hydrogens is 316 g/mol. The molecule has 0 radical (unpaired) electrons. The molecule has 1 aromatic heterocycles. The maximum Gasteiger partial charge on any atom is 0.276 e. The zero-order chi connectivity index (χ0) is 9.35. The van der Waals surface area contributed by atoms with Gasteiger partial charge in [0.25, 0.3) is 14.6 Å². The van der Waals surface area contributed by atoms with Crippen molar-refractivity contribution in [1.82, 2.24) is 4.98 Å². The first-order valence-corrected chi connectivity index (χ1v) is 6.13. The zero-order valence-electron chi connectivity index (χ0n) is 5.54. The summed E-state index contributed by atoms with van der Waals surface area (Å²) >= 11 is 1.79. The van der Waals surface area contributed by atoms with Crippen molar-refractivity contribution in [2.24, 2.45) is 0 Å². The lowest BCUT2D eigenvalue weighted by Crippen LogP contribution is -2.12. The highest BCUT2D eigenvalue weighted by atomic mass is 127. The molecule has 1 rings (SSSR count). The number of hydrogen-bond donors (Lipinski definition) is 1. The van der Waals surface area contributed by atoms with Crippen LogP contribution in [0.2, 0.25) is 0 Å². The third kappa shape index (κ3) is 2.20. The maximum atomic E-state index is 10.9. The van der Waals surface area contributed by atoms with Gasteiger partial charge in [-0.2, -0.15) is 0 Å². The molecule has 12 heavy (non-hydrogen) atoms. The molecule has 0 aliphatic rings. The first-order chi connectivity index (χ1) is 5.41. The van der Waals surface area contributed by atoms with E-state index >= 15 is 0 Å². The minimum Gasteiger partial charge on any atom is -0.311 e. The van der Waals surface area contributed by atoms with Gasteiger partial charge in [0, 0.05) is 10.7 Å². The fourth-order valence-corrected chi connectivity index (χ4v) is 1.61. The number of H-pyrrole nitrogens is 1. The fraction of sp³-hybridized carbons (Fsp3) is 0. The Kier molecular flexibility index (Phi) is 2.79. The van der Waals surface area contributed by atoms with Crippen LogP contribution in [-0.2, 0) is 9.05 Å². The Balaban J connectivity index is 3.43. The summed E-state index contributed by atoms with van der Waals surface area (Å²) in [5.41, 5.74) is -0.461. The van der Waals surface area contributed by atoms with E-state index in [1.807, 2.05) is 0 Å². The van der Waals surface area contributed by atoms with Crippen LogP contribution in [0.15, 0.2) is 22.0 Å². The SMILES string of the molecule is O=c1[nH]c(S(=O)(=O)Cl)ccc1I. The van der Waals surface area contributed by atoms with Crippen LogP contribution in [0.1, 0.15) is 0 Å². The van der Waals surface area contributed by atoms with E-state index in [-0.39, 0.29) is 5.03 Å². The highest BCUT2D eigenvalue weighted by molar-refractivity contribution is 14.1. The largest absolute Gasteiger partial charge is 0.311 e. The molecule has 1 aromatic rings. The van der Waals surface area contributed by atoms with Crippen LogP contribution in [0.3, 0.4) is 0 Å². The molecule has 0 saturated carbocycles. The Bertz CT molecular complexity index is 452. The lowest BCUT2D eigenvalue weighted by atomic mass is 10.5. The number of pyridine rings is 1. The van der Waals surface area contributed by atoms with E-state index in [0.717, 1.165) is 0 Å². The summed E-state index contributed by atoms with van der Waals surface area (Å²) in [4.78, 5) is 13.0. The first kappa shape index (κ1) is 10.0. The third-order valence-electron chi connectivity index (χ3n) is 1.10. The Morgan fingerprint density at radius 3 is 2.42 bits per heavy atom. The van der Waals surface area contributed by atoms with Crippen LogP contribution in [0, 0.1) is 3.57 Å². The predicted molar refractivity (Wildman–Crippen MR) is 52.8 cm³/mol. The van der Waals surface area contributed by atoms with E-state index in [2.05, 4.69) is 4.98 Å². The van der Waals surface area contributed by atoms with Gasteiger partial charge in [-0.05, 0) is 34.7 Å². The summed E-state index contributed by atoms with van der Waals surface area (Å²) < 4.78 is 21.8. The van der Waals surface area contributed by atoms with Crippen LogP contribution in [-0.4, -0.2) is 13.4 Å². The van der Waals surface area contributed by atoms with Crippen molar-refractivity contribution >= 4 is 42.3 Å². The molecule has 0 aromatic carbocycles. The van der Waals surface area contributed by atoms with Gasteiger partial charge in [0.1, 0.15) is 0 Å². The van der Waals surface area contributed by atoms with Crippen molar-refractivity contribution in [2.75, 3.05) is 0 Å². The van der Waals surface area contributed by atoms with Crippen LogP contribution < -0.4 is 5.56 Å². The summed E-state index contributed by atoms with van der Waals surface area (Å²) in [7, 11) is 1.15. The van der Waals surface area contributed by atoms with Crippen molar-refractivity contribution < 1.29 is 8.42 Å². The molecule has 66 valence electrons. The number of aromatic amines is 1. The van der Waals surface area contributed by atoms with Crippen LogP contribution in [0.25, 0.3) is 0 Å². The average molecular weight is 320 g/mol. The van der Waals surface area contributed by atoms with Gasteiger partial charge in [0.15, 0.2) is 5.03 Å². The summed E-state index contributed by atoms with van der Waals surface area (Å²) in [6, 6.07) is 2.63. The van der Waals surface area contributed by atoms with E-state index < -0.39 is 14.6 Å². The normalized spacial score (nSPS) is 11.5. The van der Waals surface area contributed by atoms with Crippen molar-refractivity contribution in [1.29, 1.82) is 0 Å². The van der Waals surface area contributed by atoms with Crippen molar-refractivity contribution in [3.63, 3.8) is 0 Å². The summed E-state index contributed by atoms with van der Waals surface area (Å²) in [5, 5.41) is -0.283. The smallest absolute Gasteiger partial charge is 0.276 e. The van der Waals surface area contributed by atoms with Crippen molar-refractivity contribution in [3.8, 4) is 0 Å². The molecule has 0 fully saturated rings. The van der Waals surface area contributed by atoms with Crippen LogP contribution in [0.4, 0.5) is 0 Å². The molecule has 0 atom stereocenters. The fourth-order valence-electron chi connectivity index (χ4n) is 0.580. The predicted octanol–water partition coefficient (Wildman–Crippen LogP) is 0.907. The number of rotatable bonds is 1. The second kappa shape index (κ2) is 3.35. The molecular formula is C5H3ClINO3S. The van der Waals surface area contributed by atoms with Gasteiger partial charge in [0.05, 0.1) is 3.57 Å². The lowest BCUT2D eigenvalue weighted by Gasteiger charge is -1.94. The monoisotopic (exact) mass is 319 g/mol. The number of aromatic nitrogens is 1. The van der Waals surface area contributed by atoms with Gasteiger partial charge in [-0.15, -0.1) is 0 Å². The Morgan fingerprint density at radius 2 is 2.00 bits per heavy atom. The second-order valence-corrected chi connectivity index (χ2v) is 5.63. The number of hydrogen-bond acceptors (Lipinski definition) is 3. The third-order valence-corrected chi connectivity index (χ3v) is 3.21. The standard InChI is InChI=1S/C5H3ClINO3S/c6-12(10,11)4-2-1-3(7)5(9)8-4/h1-2H,(H,8,9). The first-order valence-electron chi connectivity index (χ1n) is 2.75. The Hall–Kier alpha value is -0.0800. The Morgan fingerprint density at radius 1 is 1.42 bits per heavy atom. The van der Waals surface area contributed by atoms with Gasteiger partial charge in [-0.25, -0.2) is 8.42 Å². The van der Waals surface area contributed by atoms with Gasteiger partial charge < -0.3 is 4.98 Å². The van der Waals surface area contributed by atoms with E-state index in [1.165, 1.54) is 12.1 Å². The molecule has 0 spiro atoms. The summed E-state index contributed by atoms with van der Waals surface area (Å²) in [5.74, 6) is 0. The average Bonchev–Trinajstić information content (AvgIpc) is 1.92.